The van der Waals surface area contributed by atoms with Crippen molar-refractivity contribution in [3.63, 3.8) is 0 Å². The van der Waals surface area contributed by atoms with Gasteiger partial charge in [0, 0.05) is 21.3 Å². The second-order valence-corrected chi connectivity index (χ2v) is 6.71. The summed E-state index contributed by atoms with van der Waals surface area (Å²) in [5, 5.41) is 0.396. The second-order valence-electron chi connectivity index (χ2n) is 5.79. The summed E-state index contributed by atoms with van der Waals surface area (Å²) in [6, 6.07) is 11.4. The minimum absolute atomic E-state index is 0.0568. The number of fused-ring (bicyclic) bond motifs is 1. The van der Waals surface area contributed by atoms with E-state index < -0.39 is 11.7 Å². The molecule has 24 heavy (non-hydrogen) atoms. The maximum atomic E-state index is 13.4. The highest BCUT2D eigenvalue weighted by atomic mass is 79.9. The molecule has 0 fully saturated rings. The molecule has 0 aliphatic heterocycles. The predicted octanol–water partition coefficient (Wildman–Crippen LogP) is 6.20. The van der Waals surface area contributed by atoms with Crippen LogP contribution in [0.4, 0.5) is 13.2 Å². The zero-order valence-corrected chi connectivity index (χ0v) is 14.6. The first-order valence-electron chi connectivity index (χ1n) is 7.41. The number of aromatic nitrogens is 2. The van der Waals surface area contributed by atoms with Gasteiger partial charge in [-0.05, 0) is 18.2 Å². The minimum atomic E-state index is -4.46. The van der Waals surface area contributed by atoms with Crippen LogP contribution >= 0.6 is 15.9 Å². The second kappa shape index (κ2) is 6.16. The van der Waals surface area contributed by atoms with Crippen molar-refractivity contribution in [1.29, 1.82) is 0 Å². The minimum Gasteiger partial charge on any atom is -0.232 e. The van der Waals surface area contributed by atoms with E-state index in [0.29, 0.717) is 16.9 Å². The Bertz CT molecular complexity index is 904. The molecular formula is C18H14BrF3N2. The third-order valence-corrected chi connectivity index (χ3v) is 4.16. The molecule has 0 aliphatic carbocycles. The Morgan fingerprint density at radius 3 is 2.33 bits per heavy atom. The number of rotatable bonds is 2. The molecule has 0 atom stereocenters. The zero-order valence-electron chi connectivity index (χ0n) is 13.0. The number of hydrogen-bond donors (Lipinski definition) is 0. The van der Waals surface area contributed by atoms with Crippen LogP contribution in [0.1, 0.15) is 31.2 Å². The molecule has 1 heterocycles. The third-order valence-electron chi connectivity index (χ3n) is 3.66. The van der Waals surface area contributed by atoms with Crippen molar-refractivity contribution in [3.8, 4) is 11.3 Å². The van der Waals surface area contributed by atoms with Gasteiger partial charge in [0.1, 0.15) is 5.82 Å². The van der Waals surface area contributed by atoms with Gasteiger partial charge in [-0.3, -0.25) is 0 Å². The fourth-order valence-electron chi connectivity index (χ4n) is 2.51. The first-order chi connectivity index (χ1) is 11.3. The summed E-state index contributed by atoms with van der Waals surface area (Å²) in [4.78, 5) is 8.74. The summed E-state index contributed by atoms with van der Waals surface area (Å²) >= 11 is 3.39. The van der Waals surface area contributed by atoms with Crippen LogP contribution in [0.15, 0.2) is 46.9 Å². The Morgan fingerprint density at radius 1 is 1.00 bits per heavy atom. The Kier molecular flexibility index (Phi) is 4.34. The molecule has 0 N–H and O–H groups in total. The molecule has 1 aromatic heterocycles. The molecule has 0 unspecified atom stereocenters. The van der Waals surface area contributed by atoms with E-state index in [1.165, 1.54) is 6.07 Å². The number of hydrogen-bond acceptors (Lipinski definition) is 2. The van der Waals surface area contributed by atoms with E-state index in [1.54, 1.807) is 6.07 Å². The highest BCUT2D eigenvalue weighted by Gasteiger charge is 2.34. The summed E-state index contributed by atoms with van der Waals surface area (Å²) in [5.41, 5.74) is 0.466. The zero-order chi connectivity index (χ0) is 17.5. The summed E-state index contributed by atoms with van der Waals surface area (Å²) < 4.78 is 41.0. The maximum absolute atomic E-state index is 13.4. The highest BCUT2D eigenvalue weighted by molar-refractivity contribution is 9.10. The lowest BCUT2D eigenvalue weighted by molar-refractivity contribution is -0.136. The number of alkyl halides is 3. The fourth-order valence-corrected chi connectivity index (χ4v) is 2.91. The van der Waals surface area contributed by atoms with Gasteiger partial charge in [0.2, 0.25) is 0 Å². The summed E-state index contributed by atoms with van der Waals surface area (Å²) in [5.74, 6) is 0.316. The molecule has 0 spiro atoms. The topological polar surface area (TPSA) is 25.8 Å². The van der Waals surface area contributed by atoms with Crippen LogP contribution in [0.5, 0.6) is 0 Å². The first kappa shape index (κ1) is 16.9. The van der Waals surface area contributed by atoms with Crippen LogP contribution < -0.4 is 0 Å². The normalized spacial score (nSPS) is 12.1. The lowest BCUT2D eigenvalue weighted by Gasteiger charge is -2.15. The molecule has 6 heteroatoms. The molecule has 124 valence electrons. The van der Waals surface area contributed by atoms with E-state index in [4.69, 9.17) is 0 Å². The van der Waals surface area contributed by atoms with Crippen molar-refractivity contribution in [1.82, 2.24) is 9.97 Å². The Morgan fingerprint density at radius 2 is 1.71 bits per heavy atom. The quantitative estimate of drug-likeness (QED) is 0.516. The van der Waals surface area contributed by atoms with E-state index in [-0.39, 0.29) is 11.4 Å². The predicted molar refractivity (Wildman–Crippen MR) is 91.8 cm³/mol. The van der Waals surface area contributed by atoms with E-state index in [1.807, 2.05) is 38.1 Å². The van der Waals surface area contributed by atoms with Crippen molar-refractivity contribution in [2.75, 3.05) is 0 Å². The molecule has 2 aromatic carbocycles. The Balaban J connectivity index is 2.40. The van der Waals surface area contributed by atoms with Gasteiger partial charge in [-0.1, -0.05) is 54.0 Å². The van der Waals surface area contributed by atoms with Crippen LogP contribution in [0.2, 0.25) is 0 Å². The van der Waals surface area contributed by atoms with Crippen LogP contribution in [0.3, 0.4) is 0 Å². The van der Waals surface area contributed by atoms with Gasteiger partial charge >= 0.3 is 6.18 Å². The Hall–Kier alpha value is -1.95. The van der Waals surface area contributed by atoms with Crippen LogP contribution in [0.25, 0.3) is 22.2 Å². The average Bonchev–Trinajstić information content (AvgIpc) is 2.52. The molecule has 2 nitrogen and oxygen atoms in total. The van der Waals surface area contributed by atoms with Gasteiger partial charge < -0.3 is 0 Å². The van der Waals surface area contributed by atoms with Crippen molar-refractivity contribution in [2.24, 2.45) is 0 Å². The molecule has 0 amide bonds. The van der Waals surface area contributed by atoms with Crippen LogP contribution in [-0.4, -0.2) is 9.97 Å². The SMILES string of the molecule is CC(C)c1nc(-c2cccc(Br)c2)c2cccc(C(F)(F)F)c2n1. The summed E-state index contributed by atoms with van der Waals surface area (Å²) in [6.07, 6.45) is -4.46. The smallest absolute Gasteiger partial charge is 0.232 e. The van der Waals surface area contributed by atoms with Gasteiger partial charge in [0.05, 0.1) is 16.8 Å². The monoisotopic (exact) mass is 394 g/mol. The molecule has 3 rings (SSSR count). The molecule has 0 bridgehead atoms. The lowest BCUT2D eigenvalue weighted by Crippen LogP contribution is -2.09. The number of halogens is 4. The molecule has 0 radical (unpaired) electrons. The van der Waals surface area contributed by atoms with Gasteiger partial charge in [-0.15, -0.1) is 0 Å². The van der Waals surface area contributed by atoms with Crippen molar-refractivity contribution >= 4 is 26.8 Å². The van der Waals surface area contributed by atoms with E-state index in [0.717, 1.165) is 16.1 Å². The van der Waals surface area contributed by atoms with Gasteiger partial charge in [-0.25, -0.2) is 9.97 Å². The third kappa shape index (κ3) is 3.15. The van der Waals surface area contributed by atoms with Gasteiger partial charge in [0.25, 0.3) is 0 Å². The average molecular weight is 395 g/mol. The number of nitrogens with zero attached hydrogens (tertiary/aromatic N) is 2. The fraction of sp³-hybridized carbons (Fsp3) is 0.222. The van der Waals surface area contributed by atoms with Crippen molar-refractivity contribution in [3.05, 3.63) is 58.3 Å². The van der Waals surface area contributed by atoms with Crippen LogP contribution in [-0.2, 0) is 6.18 Å². The largest absolute Gasteiger partial charge is 0.418 e. The number of benzene rings is 2. The number of para-hydroxylation sites is 1. The van der Waals surface area contributed by atoms with Gasteiger partial charge in [-0.2, -0.15) is 13.2 Å². The van der Waals surface area contributed by atoms with E-state index >= 15 is 0 Å². The molecular weight excluding hydrogens is 381 g/mol. The van der Waals surface area contributed by atoms with E-state index in [9.17, 15) is 13.2 Å². The molecule has 0 saturated carbocycles. The molecule has 0 saturated heterocycles. The van der Waals surface area contributed by atoms with Crippen molar-refractivity contribution < 1.29 is 13.2 Å². The molecule has 3 aromatic rings. The summed E-state index contributed by atoms with van der Waals surface area (Å²) in [6.45, 7) is 3.73. The Labute approximate surface area is 145 Å². The molecule has 0 aliphatic rings. The standard InChI is InChI=1S/C18H14BrF3N2/c1-10(2)17-23-15(11-5-3-6-12(19)9-11)13-7-4-8-14(16(13)24-17)18(20,21)22/h3-10H,1-2H3. The lowest BCUT2D eigenvalue weighted by atomic mass is 10.0. The first-order valence-corrected chi connectivity index (χ1v) is 8.20. The van der Waals surface area contributed by atoms with Gasteiger partial charge in [0.15, 0.2) is 0 Å². The summed E-state index contributed by atoms with van der Waals surface area (Å²) in [7, 11) is 0. The highest BCUT2D eigenvalue weighted by Crippen LogP contribution is 2.37. The van der Waals surface area contributed by atoms with Crippen LogP contribution in [0, 0.1) is 0 Å². The maximum Gasteiger partial charge on any atom is 0.418 e. The van der Waals surface area contributed by atoms with E-state index in [2.05, 4.69) is 25.9 Å². The van der Waals surface area contributed by atoms with Crippen molar-refractivity contribution in [2.45, 2.75) is 25.9 Å².